The van der Waals surface area contributed by atoms with E-state index in [4.69, 9.17) is 9.47 Å². The Bertz CT molecular complexity index is 1460. The van der Waals surface area contributed by atoms with E-state index < -0.39 is 34.3 Å². The predicted octanol–water partition coefficient (Wildman–Crippen LogP) is 4.68. The van der Waals surface area contributed by atoms with Crippen LogP contribution in [-0.4, -0.2) is 58.5 Å². The molecule has 0 saturated heterocycles. The maximum atomic E-state index is 14.1. The quantitative estimate of drug-likeness (QED) is 0.289. The fourth-order valence-electron chi connectivity index (χ4n) is 4.42. The summed E-state index contributed by atoms with van der Waals surface area (Å²) >= 11 is 0. The number of nitrogens with zero attached hydrogens (tertiary/aromatic N) is 2. The Balaban J connectivity index is 2.08. The van der Waals surface area contributed by atoms with E-state index >= 15 is 0 Å². The summed E-state index contributed by atoms with van der Waals surface area (Å²) in [4.78, 5) is 28.5. The first kappa shape index (κ1) is 32.4. The van der Waals surface area contributed by atoms with E-state index in [0.717, 1.165) is 34.0 Å². The number of rotatable bonds is 14. The van der Waals surface area contributed by atoms with Crippen molar-refractivity contribution in [2.75, 3.05) is 31.6 Å². The van der Waals surface area contributed by atoms with Gasteiger partial charge in [-0.3, -0.25) is 13.9 Å². The number of nitrogens with one attached hydrogen (secondary N) is 1. The van der Waals surface area contributed by atoms with Gasteiger partial charge in [-0.25, -0.2) is 12.8 Å². The molecule has 3 rings (SSSR count). The average molecular weight is 600 g/mol. The average Bonchev–Trinajstić information content (AvgIpc) is 2.99. The molecule has 9 nitrogen and oxygen atoms in total. The highest BCUT2D eigenvalue weighted by molar-refractivity contribution is 7.92. The number of amides is 2. The Hall–Kier alpha value is -4.12. The molecule has 0 bridgehead atoms. The van der Waals surface area contributed by atoms with Crippen LogP contribution in [0.15, 0.2) is 71.6 Å². The molecule has 0 spiro atoms. The highest BCUT2D eigenvalue weighted by Crippen LogP contribution is 2.32. The lowest BCUT2D eigenvalue weighted by Gasteiger charge is -2.33. The van der Waals surface area contributed by atoms with Gasteiger partial charge in [-0.1, -0.05) is 43.7 Å². The van der Waals surface area contributed by atoms with Crippen molar-refractivity contribution in [3.05, 3.63) is 83.7 Å². The Kier molecular flexibility index (Phi) is 11.3. The maximum Gasteiger partial charge on any atom is 0.264 e. The van der Waals surface area contributed by atoms with Gasteiger partial charge in [-0.15, -0.1) is 0 Å². The van der Waals surface area contributed by atoms with Crippen LogP contribution in [0.5, 0.6) is 11.5 Å². The van der Waals surface area contributed by atoms with Crippen LogP contribution in [0.3, 0.4) is 0 Å². The minimum Gasteiger partial charge on any atom is -0.493 e. The summed E-state index contributed by atoms with van der Waals surface area (Å²) in [5.41, 5.74) is 1.90. The maximum absolute atomic E-state index is 14.1. The van der Waals surface area contributed by atoms with Gasteiger partial charge in [0.2, 0.25) is 11.8 Å². The summed E-state index contributed by atoms with van der Waals surface area (Å²) in [5.74, 6) is -0.968. The molecule has 3 aromatic carbocycles. The lowest BCUT2D eigenvalue weighted by molar-refractivity contribution is -0.140. The zero-order valence-electron chi connectivity index (χ0n) is 24.6. The molecule has 1 N–H and O–H groups in total. The van der Waals surface area contributed by atoms with E-state index in [1.165, 1.54) is 49.5 Å². The van der Waals surface area contributed by atoms with Crippen molar-refractivity contribution in [2.24, 2.45) is 0 Å². The Labute approximate surface area is 247 Å². The van der Waals surface area contributed by atoms with Crippen molar-refractivity contribution < 1.29 is 31.9 Å². The van der Waals surface area contributed by atoms with E-state index in [9.17, 15) is 22.4 Å². The molecule has 0 heterocycles. The number of aryl methyl sites for hydroxylation is 1. The third-order valence-corrected chi connectivity index (χ3v) is 8.51. The first-order chi connectivity index (χ1) is 20.0. The predicted molar refractivity (Wildman–Crippen MR) is 160 cm³/mol. The smallest absolute Gasteiger partial charge is 0.264 e. The topological polar surface area (TPSA) is 105 Å². The molecular weight excluding hydrogens is 561 g/mol. The number of anilines is 1. The Morgan fingerprint density at radius 2 is 1.57 bits per heavy atom. The number of carbonyl (C=O) groups excluding carboxylic acids is 2. The molecule has 0 unspecified atom stereocenters. The van der Waals surface area contributed by atoms with Gasteiger partial charge in [0.15, 0.2) is 11.5 Å². The number of benzene rings is 3. The fraction of sp³-hybridized carbons (Fsp3) is 0.355. The first-order valence-electron chi connectivity index (χ1n) is 13.7. The van der Waals surface area contributed by atoms with Crippen LogP contribution in [-0.2, 0) is 26.2 Å². The van der Waals surface area contributed by atoms with Crippen LogP contribution < -0.4 is 19.1 Å². The lowest BCUT2D eigenvalue weighted by atomic mass is 10.1. The van der Waals surface area contributed by atoms with Crippen molar-refractivity contribution in [3.8, 4) is 11.5 Å². The molecule has 11 heteroatoms. The molecular formula is C31H38FN3O6S. The minimum atomic E-state index is -4.37. The van der Waals surface area contributed by atoms with Crippen molar-refractivity contribution >= 4 is 27.5 Å². The van der Waals surface area contributed by atoms with Crippen molar-refractivity contribution in [3.63, 3.8) is 0 Å². The second-order valence-corrected chi connectivity index (χ2v) is 11.6. The Morgan fingerprint density at radius 3 is 2.14 bits per heavy atom. The third-order valence-electron chi connectivity index (χ3n) is 6.75. The van der Waals surface area contributed by atoms with Crippen LogP contribution in [0.25, 0.3) is 0 Å². The molecule has 0 saturated carbocycles. The highest BCUT2D eigenvalue weighted by Gasteiger charge is 2.34. The molecule has 0 radical (unpaired) electrons. The van der Waals surface area contributed by atoms with Gasteiger partial charge in [-0.05, 0) is 61.7 Å². The number of halogens is 1. The molecule has 3 aromatic rings. The summed E-state index contributed by atoms with van der Waals surface area (Å²) in [5, 5.41) is 2.85. The normalized spacial score (nSPS) is 11.9. The van der Waals surface area contributed by atoms with E-state index in [2.05, 4.69) is 5.32 Å². The van der Waals surface area contributed by atoms with Crippen LogP contribution >= 0.6 is 0 Å². The number of hydrogen-bond donors (Lipinski definition) is 1. The second-order valence-electron chi connectivity index (χ2n) is 9.73. The molecule has 0 aliphatic carbocycles. The zero-order valence-corrected chi connectivity index (χ0v) is 25.4. The van der Waals surface area contributed by atoms with Gasteiger partial charge in [0.1, 0.15) is 18.4 Å². The molecule has 0 aromatic heterocycles. The molecule has 0 aliphatic rings. The summed E-state index contributed by atoms with van der Waals surface area (Å²) < 4.78 is 53.4. The van der Waals surface area contributed by atoms with E-state index in [1.54, 1.807) is 6.92 Å². The van der Waals surface area contributed by atoms with E-state index in [1.807, 2.05) is 38.1 Å². The highest BCUT2D eigenvalue weighted by atomic mass is 32.2. The SMILES string of the molecule is CCCNC(=O)[C@H](CC)N(Cc1ccc(C)cc1)C(=O)CN(c1ccc(F)cc1)S(=O)(=O)c1ccc(OC)c(OC)c1. The van der Waals surface area contributed by atoms with Gasteiger partial charge < -0.3 is 19.7 Å². The van der Waals surface area contributed by atoms with Crippen LogP contribution in [0.4, 0.5) is 10.1 Å². The summed E-state index contributed by atoms with van der Waals surface area (Å²) in [6, 6.07) is 15.6. The van der Waals surface area contributed by atoms with Gasteiger partial charge >= 0.3 is 0 Å². The Morgan fingerprint density at radius 1 is 0.929 bits per heavy atom. The summed E-state index contributed by atoms with van der Waals surface area (Å²) in [7, 11) is -1.56. The van der Waals surface area contributed by atoms with Crippen molar-refractivity contribution in [2.45, 2.75) is 51.1 Å². The largest absolute Gasteiger partial charge is 0.493 e. The van der Waals surface area contributed by atoms with Crippen molar-refractivity contribution in [1.82, 2.24) is 10.2 Å². The van der Waals surface area contributed by atoms with Crippen LogP contribution in [0, 0.1) is 12.7 Å². The number of ether oxygens (including phenoxy) is 2. The van der Waals surface area contributed by atoms with Gasteiger partial charge in [0.25, 0.3) is 10.0 Å². The van der Waals surface area contributed by atoms with Gasteiger partial charge in [0, 0.05) is 19.2 Å². The monoisotopic (exact) mass is 599 g/mol. The van der Waals surface area contributed by atoms with E-state index in [-0.39, 0.29) is 28.8 Å². The standard InChI is InChI=1S/C31H38FN3O6S/c1-6-18-33-31(37)27(7-2)34(20-23-10-8-22(3)9-11-23)30(36)21-35(25-14-12-24(32)13-15-25)42(38,39)26-16-17-28(40-4)29(19-26)41-5/h8-17,19,27H,6-7,18,20-21H2,1-5H3,(H,33,37)/t27-/m0/s1. The first-order valence-corrected chi connectivity index (χ1v) is 15.1. The summed E-state index contributed by atoms with van der Waals surface area (Å²) in [6.07, 6.45) is 1.03. The van der Waals surface area contributed by atoms with Crippen molar-refractivity contribution in [1.29, 1.82) is 0 Å². The molecule has 226 valence electrons. The molecule has 2 amide bonds. The fourth-order valence-corrected chi connectivity index (χ4v) is 5.85. The molecule has 42 heavy (non-hydrogen) atoms. The number of carbonyl (C=O) groups is 2. The number of hydrogen-bond acceptors (Lipinski definition) is 6. The van der Waals surface area contributed by atoms with Crippen LogP contribution in [0.1, 0.15) is 37.8 Å². The van der Waals surface area contributed by atoms with Crippen LogP contribution in [0.2, 0.25) is 0 Å². The van der Waals surface area contributed by atoms with Gasteiger partial charge in [-0.2, -0.15) is 0 Å². The van der Waals surface area contributed by atoms with E-state index in [0.29, 0.717) is 18.7 Å². The lowest BCUT2D eigenvalue weighted by Crippen LogP contribution is -2.52. The molecule has 0 aliphatic heterocycles. The molecule has 1 atom stereocenters. The number of methoxy groups -OCH3 is 2. The third kappa shape index (κ3) is 7.79. The second kappa shape index (κ2) is 14.7. The minimum absolute atomic E-state index is 0.0818. The molecule has 0 fully saturated rings. The van der Waals surface area contributed by atoms with Gasteiger partial charge in [0.05, 0.1) is 24.8 Å². The number of sulfonamides is 1. The zero-order chi connectivity index (χ0) is 30.9. The summed E-state index contributed by atoms with van der Waals surface area (Å²) in [6.45, 7) is 5.56.